The molecule has 0 aliphatic carbocycles. The lowest BCUT2D eigenvalue weighted by molar-refractivity contribution is 0.622. The molecule has 1 aromatic carbocycles. The van der Waals surface area contributed by atoms with Gasteiger partial charge in [0.1, 0.15) is 5.82 Å². The van der Waals surface area contributed by atoms with Gasteiger partial charge in [0.15, 0.2) is 0 Å². The number of hydrogen-bond acceptors (Lipinski definition) is 3. The van der Waals surface area contributed by atoms with Gasteiger partial charge in [0.2, 0.25) is 0 Å². The number of fused-ring (bicyclic) bond motifs is 1. The van der Waals surface area contributed by atoms with Crippen LogP contribution in [0.2, 0.25) is 0 Å². The van der Waals surface area contributed by atoms with E-state index >= 15 is 0 Å². The largest absolute Gasteiger partial charge is 0.323 e. The number of nitrogens with two attached hydrogens (primary N) is 1. The van der Waals surface area contributed by atoms with Gasteiger partial charge in [-0.2, -0.15) is 0 Å². The average Bonchev–Trinajstić information content (AvgIpc) is 2.88. The summed E-state index contributed by atoms with van der Waals surface area (Å²) in [6, 6.07) is 10.9. The molecule has 0 aliphatic rings. The smallest absolute Gasteiger partial charge is 0.123 e. The normalized spacial score (nSPS) is 13.0. The summed E-state index contributed by atoms with van der Waals surface area (Å²) in [6.07, 6.45) is 0.672. The summed E-state index contributed by atoms with van der Waals surface area (Å²) in [5.74, 6) is -0.202. The van der Waals surface area contributed by atoms with Crippen LogP contribution < -0.4 is 5.73 Å². The molecule has 92 valence electrons. The molecular weight excluding hydrogens is 265 g/mol. The van der Waals surface area contributed by atoms with Gasteiger partial charge in [-0.15, -0.1) is 22.7 Å². The highest BCUT2D eigenvalue weighted by atomic mass is 32.1. The molecule has 1 unspecified atom stereocenters. The van der Waals surface area contributed by atoms with Crippen molar-refractivity contribution in [2.24, 2.45) is 5.73 Å². The van der Waals surface area contributed by atoms with E-state index in [0.29, 0.717) is 6.42 Å². The Morgan fingerprint density at radius 1 is 1.17 bits per heavy atom. The number of halogens is 1. The molecule has 3 aromatic rings. The first-order valence-electron chi connectivity index (χ1n) is 5.69. The highest BCUT2D eigenvalue weighted by Gasteiger charge is 2.11. The lowest BCUT2D eigenvalue weighted by atomic mass is 10.1. The van der Waals surface area contributed by atoms with Crippen LogP contribution >= 0.6 is 22.7 Å². The summed E-state index contributed by atoms with van der Waals surface area (Å²) in [5, 5.41) is 2.09. The second-order valence-electron chi connectivity index (χ2n) is 4.24. The van der Waals surface area contributed by atoms with Crippen LogP contribution in [-0.2, 0) is 6.42 Å². The summed E-state index contributed by atoms with van der Waals surface area (Å²) in [5.41, 5.74) is 7.14. The van der Waals surface area contributed by atoms with Crippen molar-refractivity contribution in [2.75, 3.05) is 0 Å². The Morgan fingerprint density at radius 3 is 2.83 bits per heavy atom. The topological polar surface area (TPSA) is 26.0 Å². The third-order valence-electron chi connectivity index (χ3n) is 2.87. The predicted octanol–water partition coefficient (Wildman–Crippen LogP) is 4.34. The third-order valence-corrected chi connectivity index (χ3v) is 5.09. The lowest BCUT2D eigenvalue weighted by Gasteiger charge is -2.09. The van der Waals surface area contributed by atoms with Gasteiger partial charge in [0.25, 0.3) is 0 Å². The maximum Gasteiger partial charge on any atom is 0.123 e. The molecule has 0 amide bonds. The Hall–Kier alpha value is -1.23. The molecule has 0 aliphatic heterocycles. The molecule has 18 heavy (non-hydrogen) atoms. The molecule has 0 spiro atoms. The van der Waals surface area contributed by atoms with Crippen LogP contribution in [0.15, 0.2) is 41.8 Å². The summed E-state index contributed by atoms with van der Waals surface area (Å²) in [6.45, 7) is 0. The zero-order chi connectivity index (χ0) is 12.5. The van der Waals surface area contributed by atoms with Gasteiger partial charge in [-0.3, -0.25) is 0 Å². The number of hydrogen-bond donors (Lipinski definition) is 1. The van der Waals surface area contributed by atoms with Gasteiger partial charge in [-0.1, -0.05) is 12.1 Å². The van der Waals surface area contributed by atoms with Gasteiger partial charge in [0.05, 0.1) is 0 Å². The minimum absolute atomic E-state index is 0.0589. The van der Waals surface area contributed by atoms with E-state index in [4.69, 9.17) is 5.73 Å². The van der Waals surface area contributed by atoms with Crippen molar-refractivity contribution in [1.82, 2.24) is 0 Å². The molecular formula is C14H12FNS2. The van der Waals surface area contributed by atoms with Crippen LogP contribution in [0.25, 0.3) is 9.40 Å². The van der Waals surface area contributed by atoms with Crippen molar-refractivity contribution in [2.45, 2.75) is 12.5 Å². The van der Waals surface area contributed by atoms with Crippen molar-refractivity contribution < 1.29 is 4.39 Å². The average molecular weight is 277 g/mol. The molecule has 1 nitrogen and oxygen atoms in total. The Morgan fingerprint density at radius 2 is 2.06 bits per heavy atom. The van der Waals surface area contributed by atoms with E-state index in [-0.39, 0.29) is 11.9 Å². The van der Waals surface area contributed by atoms with E-state index in [1.54, 1.807) is 34.8 Å². The maximum absolute atomic E-state index is 13.1. The summed E-state index contributed by atoms with van der Waals surface area (Å²) >= 11 is 3.46. The monoisotopic (exact) mass is 277 g/mol. The Labute approximate surface area is 113 Å². The molecule has 2 aromatic heterocycles. The van der Waals surface area contributed by atoms with E-state index in [1.165, 1.54) is 20.3 Å². The minimum atomic E-state index is -0.202. The summed E-state index contributed by atoms with van der Waals surface area (Å²) < 4.78 is 15.7. The van der Waals surface area contributed by atoms with Gasteiger partial charge >= 0.3 is 0 Å². The molecule has 0 radical (unpaired) electrons. The van der Waals surface area contributed by atoms with Gasteiger partial charge < -0.3 is 5.73 Å². The first kappa shape index (κ1) is 11.8. The van der Waals surface area contributed by atoms with E-state index in [9.17, 15) is 4.39 Å². The van der Waals surface area contributed by atoms with E-state index < -0.39 is 0 Å². The highest BCUT2D eigenvalue weighted by molar-refractivity contribution is 7.26. The number of thiophene rings is 2. The van der Waals surface area contributed by atoms with Gasteiger partial charge in [-0.05, 0) is 41.6 Å². The molecule has 3 rings (SSSR count). The summed E-state index contributed by atoms with van der Waals surface area (Å²) in [7, 11) is 0. The van der Waals surface area contributed by atoms with Crippen molar-refractivity contribution in [3.05, 3.63) is 58.0 Å². The quantitative estimate of drug-likeness (QED) is 0.757. The van der Waals surface area contributed by atoms with Gasteiger partial charge in [0, 0.05) is 20.3 Å². The van der Waals surface area contributed by atoms with E-state index in [1.807, 2.05) is 6.07 Å². The molecule has 0 saturated carbocycles. The Kier molecular flexibility index (Phi) is 3.16. The van der Waals surface area contributed by atoms with Crippen molar-refractivity contribution in [3.63, 3.8) is 0 Å². The molecule has 0 bridgehead atoms. The Balaban J connectivity index is 1.82. The maximum atomic E-state index is 13.1. The SMILES string of the molecule is NC(Cc1cccc(F)c1)c1cc2sccc2s1. The van der Waals surface area contributed by atoms with Crippen LogP contribution in [0.1, 0.15) is 16.5 Å². The van der Waals surface area contributed by atoms with E-state index in [2.05, 4.69) is 17.5 Å². The molecule has 4 heteroatoms. The second kappa shape index (κ2) is 4.80. The van der Waals surface area contributed by atoms with Crippen LogP contribution in [0.3, 0.4) is 0 Å². The zero-order valence-corrected chi connectivity index (χ0v) is 11.2. The third kappa shape index (κ3) is 2.32. The zero-order valence-electron chi connectivity index (χ0n) is 9.60. The van der Waals surface area contributed by atoms with Crippen LogP contribution in [0.4, 0.5) is 4.39 Å². The van der Waals surface area contributed by atoms with Crippen LogP contribution in [0.5, 0.6) is 0 Å². The van der Waals surface area contributed by atoms with Crippen molar-refractivity contribution in [3.8, 4) is 0 Å². The molecule has 2 N–H and O–H groups in total. The standard InChI is InChI=1S/C14H12FNS2/c15-10-3-1-2-9(6-10)7-11(16)13-8-14-12(18-13)4-5-17-14/h1-6,8,11H,7,16H2. The lowest BCUT2D eigenvalue weighted by Crippen LogP contribution is -2.11. The molecule has 0 saturated heterocycles. The molecule has 0 fully saturated rings. The number of rotatable bonds is 3. The van der Waals surface area contributed by atoms with Crippen LogP contribution in [0, 0.1) is 5.82 Å². The fourth-order valence-electron chi connectivity index (χ4n) is 1.99. The fraction of sp³-hybridized carbons (Fsp3) is 0.143. The molecule has 1 atom stereocenters. The predicted molar refractivity (Wildman–Crippen MR) is 76.7 cm³/mol. The first-order valence-corrected chi connectivity index (χ1v) is 7.39. The van der Waals surface area contributed by atoms with Crippen molar-refractivity contribution in [1.29, 1.82) is 0 Å². The Bertz CT molecular complexity index is 643. The minimum Gasteiger partial charge on any atom is -0.323 e. The molecule has 2 heterocycles. The van der Waals surface area contributed by atoms with Crippen molar-refractivity contribution >= 4 is 32.1 Å². The van der Waals surface area contributed by atoms with Gasteiger partial charge in [-0.25, -0.2) is 4.39 Å². The van der Waals surface area contributed by atoms with E-state index in [0.717, 1.165) is 5.56 Å². The fourth-order valence-corrected chi connectivity index (χ4v) is 4.11. The van der Waals surface area contributed by atoms with Crippen LogP contribution in [-0.4, -0.2) is 0 Å². The summed E-state index contributed by atoms with van der Waals surface area (Å²) in [4.78, 5) is 1.17. The first-order chi connectivity index (χ1) is 8.72. The highest BCUT2D eigenvalue weighted by Crippen LogP contribution is 2.33. The number of benzene rings is 1. The second-order valence-corrected chi connectivity index (χ2v) is 6.30.